The summed E-state index contributed by atoms with van der Waals surface area (Å²) in [6, 6.07) is 16.0. The molecule has 0 radical (unpaired) electrons. The van der Waals surface area contributed by atoms with Crippen LogP contribution in [0.25, 0.3) is 5.57 Å². The summed E-state index contributed by atoms with van der Waals surface area (Å²) in [5, 5.41) is 0. The molecule has 0 nitrogen and oxygen atoms in total. The fourth-order valence-corrected chi connectivity index (χ4v) is 8.97. The average molecular weight is 753 g/mol. The van der Waals surface area contributed by atoms with Crippen LogP contribution in [-0.4, -0.2) is 3.21 Å². The van der Waals surface area contributed by atoms with Crippen molar-refractivity contribution in [2.24, 2.45) is 27.6 Å². The van der Waals surface area contributed by atoms with Crippen molar-refractivity contribution in [3.8, 4) is 0 Å². The van der Waals surface area contributed by atoms with Gasteiger partial charge in [0.2, 0.25) is 0 Å². The van der Waals surface area contributed by atoms with Gasteiger partial charge in [-0.2, -0.15) is 34.4 Å². The Labute approximate surface area is 317 Å². The van der Waals surface area contributed by atoms with Crippen LogP contribution >= 0.6 is 0 Å². The number of hydrogen-bond acceptors (Lipinski definition) is 0. The zero-order valence-corrected chi connectivity index (χ0v) is 36.0. The number of halogens is 2. The van der Waals surface area contributed by atoms with Gasteiger partial charge in [0.15, 0.2) is 0 Å². The van der Waals surface area contributed by atoms with Crippen LogP contribution in [0.5, 0.6) is 0 Å². The van der Waals surface area contributed by atoms with Gasteiger partial charge in [-0.25, -0.2) is 12.0 Å². The smallest absolute Gasteiger partial charge is 1.00 e. The Bertz CT molecular complexity index is 1510. The van der Waals surface area contributed by atoms with Gasteiger partial charge in [-0.15, -0.1) is 6.92 Å². The van der Waals surface area contributed by atoms with E-state index in [1.807, 2.05) is 0 Å². The number of allylic oxidation sites excluding steroid dienone is 6. The van der Waals surface area contributed by atoms with E-state index in [1.54, 1.807) is 52.4 Å². The molecule has 0 heterocycles. The zero-order chi connectivity index (χ0) is 33.8. The molecule has 2 atom stereocenters. The molecule has 0 saturated heterocycles. The van der Waals surface area contributed by atoms with E-state index in [4.69, 9.17) is 0 Å². The molecule has 0 N–H and O–H groups in total. The molecule has 3 heteroatoms. The second-order valence-corrected chi connectivity index (χ2v) is 19.7. The van der Waals surface area contributed by atoms with Crippen LogP contribution in [0.4, 0.5) is 0 Å². The minimum absolute atomic E-state index is 0. The van der Waals surface area contributed by atoms with Crippen molar-refractivity contribution < 1.29 is 49.0 Å². The molecular weight excluding hydrogens is 691 g/mol. The van der Waals surface area contributed by atoms with E-state index in [0.717, 1.165) is 6.42 Å². The van der Waals surface area contributed by atoms with Gasteiger partial charge in [-0.1, -0.05) is 159 Å². The first kappa shape index (κ1) is 42.2. The third kappa shape index (κ3) is 7.13. The van der Waals surface area contributed by atoms with Gasteiger partial charge in [-0.05, 0) is 40.6 Å². The van der Waals surface area contributed by atoms with Crippen molar-refractivity contribution in [1.29, 1.82) is 0 Å². The van der Waals surface area contributed by atoms with Gasteiger partial charge in [0.25, 0.3) is 0 Å². The monoisotopic (exact) mass is 750 g/mol. The largest absolute Gasteiger partial charge is 1.00 e. The summed E-state index contributed by atoms with van der Waals surface area (Å²) in [5.74, 6) is 2.24. The number of hydrogen-bond donors (Lipinski definition) is 0. The number of fused-ring (bicyclic) bond motifs is 6. The summed E-state index contributed by atoms with van der Waals surface area (Å²) in [4.78, 5) is 0. The Balaban J connectivity index is 0.000000359. The fourth-order valence-electron chi connectivity index (χ4n) is 8.97. The molecule has 0 aromatic heterocycles. The Morgan fingerprint density at radius 3 is 2.13 bits per heavy atom. The van der Waals surface area contributed by atoms with Crippen LogP contribution in [-0.2, 0) is 42.5 Å². The Hall–Kier alpha value is -1.01. The first-order valence-electron chi connectivity index (χ1n) is 17.6. The van der Waals surface area contributed by atoms with Crippen LogP contribution in [0.2, 0.25) is 0 Å². The third-order valence-electron chi connectivity index (χ3n) is 13.0. The summed E-state index contributed by atoms with van der Waals surface area (Å²) in [5.41, 5.74) is 13.6. The van der Waals surface area contributed by atoms with Crippen molar-refractivity contribution in [1.82, 2.24) is 0 Å². The summed E-state index contributed by atoms with van der Waals surface area (Å²) in [6.45, 7) is 33.6. The van der Waals surface area contributed by atoms with Crippen molar-refractivity contribution in [3.63, 3.8) is 0 Å². The standard InChI is InChI=1S/C29H37.C12H19.C3H6.2ClH.Zr/c1-18-25-22-17-19-13-9-10-14-20(19)24(22)21-15-11-12-16-23(21)29(25,8)28(6,7)27(4,5)26(18,2)3;1-5-6-10-7-8-11(9-10)12(2,3)4;1-3-2;;;/h9-11,13-15,23H,12,16-17H2,1-8H3;7-9H,5-6H2,1-4H3;1-2H3;2*1H;/q2*-1;;;;+2/p-2. The van der Waals surface area contributed by atoms with Crippen LogP contribution < -0.4 is 24.8 Å². The van der Waals surface area contributed by atoms with E-state index >= 15 is 0 Å². The molecular formula is C44H62Cl2Zr-2. The topological polar surface area (TPSA) is 0 Å². The fraction of sp³-hybridized carbons (Fsp3) is 0.568. The molecule has 2 unspecified atom stereocenters. The predicted molar refractivity (Wildman–Crippen MR) is 195 cm³/mol. The third-order valence-corrected chi connectivity index (χ3v) is 13.0. The maximum absolute atomic E-state index is 2.62. The van der Waals surface area contributed by atoms with E-state index in [9.17, 15) is 0 Å². The zero-order valence-electron chi connectivity index (χ0n) is 32.1. The van der Waals surface area contributed by atoms with E-state index < -0.39 is 0 Å². The van der Waals surface area contributed by atoms with Gasteiger partial charge in [0, 0.05) is 0 Å². The summed E-state index contributed by atoms with van der Waals surface area (Å²) in [6.07, 6.45) is 11.0. The first-order valence-corrected chi connectivity index (χ1v) is 18.8. The van der Waals surface area contributed by atoms with Crippen molar-refractivity contribution >= 4 is 8.78 Å². The van der Waals surface area contributed by atoms with Gasteiger partial charge < -0.3 is 24.8 Å². The molecule has 258 valence electrons. The molecule has 2 aromatic rings. The molecule has 0 amide bonds. The minimum Gasteiger partial charge on any atom is -1.00 e. The molecule has 2 aromatic carbocycles. The van der Waals surface area contributed by atoms with E-state index in [0.29, 0.717) is 11.3 Å². The normalized spacial score (nSPS) is 24.2. The maximum Gasteiger partial charge on any atom is -1.00 e. The quantitative estimate of drug-likeness (QED) is 0.313. The van der Waals surface area contributed by atoms with Gasteiger partial charge in [0.1, 0.15) is 0 Å². The van der Waals surface area contributed by atoms with Crippen molar-refractivity contribution in [2.45, 2.75) is 134 Å². The summed E-state index contributed by atoms with van der Waals surface area (Å²) in [7, 11) is 0. The van der Waals surface area contributed by atoms with E-state index in [2.05, 4.69) is 152 Å². The van der Waals surface area contributed by atoms with Crippen LogP contribution in [0.1, 0.15) is 138 Å². The Morgan fingerprint density at radius 2 is 1.57 bits per heavy atom. The molecule has 6 rings (SSSR count). The number of aryl methyl sites for hydroxylation is 1. The van der Waals surface area contributed by atoms with Gasteiger partial charge in [-0.3, -0.25) is 0 Å². The SMILES string of the molecule is CCCc1cc(C(C)(C)C)c[cH-]1.C[C-]1C2=C3Cc4ccccc4C3=C3C=CCCC3C2(C)C(C)(C)C(C)(C)C1(C)C.C[C](C)=[Zr+2].[Cl-].[Cl-]. The van der Waals surface area contributed by atoms with Gasteiger partial charge >= 0.3 is 41.3 Å². The summed E-state index contributed by atoms with van der Waals surface area (Å²) < 4.78 is 1.51. The Morgan fingerprint density at radius 1 is 0.979 bits per heavy atom. The molecule has 4 aliphatic rings. The average Bonchev–Trinajstić information content (AvgIpc) is 3.58. The molecule has 47 heavy (non-hydrogen) atoms. The molecule has 0 bridgehead atoms. The minimum atomic E-state index is 0. The second kappa shape index (κ2) is 15.1. The molecule has 1 fully saturated rings. The number of benzene rings is 1. The van der Waals surface area contributed by atoms with E-state index in [-0.39, 0.29) is 46.5 Å². The second-order valence-electron chi connectivity index (χ2n) is 17.3. The van der Waals surface area contributed by atoms with Crippen LogP contribution in [0.15, 0.2) is 71.3 Å². The molecule has 0 aliphatic heterocycles. The van der Waals surface area contributed by atoms with Gasteiger partial charge in [0.05, 0.1) is 0 Å². The van der Waals surface area contributed by atoms with Crippen LogP contribution in [0, 0.1) is 33.5 Å². The maximum atomic E-state index is 2.62. The molecule has 4 aliphatic carbocycles. The first-order chi connectivity index (χ1) is 20.7. The van der Waals surface area contributed by atoms with Crippen molar-refractivity contribution in [3.05, 3.63) is 99.5 Å². The molecule has 1 saturated carbocycles. The number of rotatable bonds is 2. The van der Waals surface area contributed by atoms with E-state index in [1.165, 1.54) is 51.1 Å². The summed E-state index contributed by atoms with van der Waals surface area (Å²) >= 11 is 1.55. The Kier molecular flexibility index (Phi) is 13.5. The van der Waals surface area contributed by atoms with Crippen LogP contribution in [0.3, 0.4) is 0 Å². The predicted octanol–water partition coefficient (Wildman–Crippen LogP) is 6.37. The van der Waals surface area contributed by atoms with Crippen molar-refractivity contribution in [2.75, 3.05) is 0 Å². The molecule has 0 spiro atoms.